The molecular formula is C18H21N3O4. The Hall–Kier alpha value is -2.83. The summed E-state index contributed by atoms with van der Waals surface area (Å²) >= 11 is 0. The third-order valence-corrected chi connectivity index (χ3v) is 4.23. The summed E-state index contributed by atoms with van der Waals surface area (Å²) in [5.74, 6) is -1.08. The van der Waals surface area contributed by atoms with Gasteiger partial charge < -0.3 is 14.4 Å². The first-order valence-electron chi connectivity index (χ1n) is 8.33. The number of hydrogen-bond donors (Lipinski definition) is 1. The number of rotatable bonds is 7. The van der Waals surface area contributed by atoms with Crippen LogP contribution in [0.2, 0.25) is 0 Å². The van der Waals surface area contributed by atoms with E-state index in [9.17, 15) is 14.7 Å². The number of benzene rings is 1. The average Bonchev–Trinajstić information content (AvgIpc) is 3.35. The molecule has 1 heterocycles. The van der Waals surface area contributed by atoms with E-state index < -0.39 is 18.1 Å². The summed E-state index contributed by atoms with van der Waals surface area (Å²) in [6.45, 7) is 2.60. The zero-order valence-corrected chi connectivity index (χ0v) is 14.0. The third-order valence-electron chi connectivity index (χ3n) is 4.23. The maximum Gasteiger partial charge on any atom is 0.411 e. The molecule has 132 valence electrons. The van der Waals surface area contributed by atoms with Crippen LogP contribution in [0, 0.1) is 0 Å². The predicted molar refractivity (Wildman–Crippen MR) is 89.8 cm³/mol. The van der Waals surface area contributed by atoms with Crippen LogP contribution < -0.4 is 0 Å². The molecule has 0 radical (unpaired) electrons. The second-order valence-electron chi connectivity index (χ2n) is 6.02. The molecule has 1 aromatic carbocycles. The van der Waals surface area contributed by atoms with E-state index in [0.717, 1.165) is 18.4 Å². The lowest BCUT2D eigenvalue weighted by Gasteiger charge is -2.28. The first kappa shape index (κ1) is 17.0. The van der Waals surface area contributed by atoms with Gasteiger partial charge in [0.1, 0.15) is 6.61 Å². The molecule has 1 atom stereocenters. The summed E-state index contributed by atoms with van der Waals surface area (Å²) in [5.41, 5.74) is 1.34. The van der Waals surface area contributed by atoms with Gasteiger partial charge in [-0.2, -0.15) is 0 Å². The average molecular weight is 343 g/mol. The molecule has 1 aromatic heterocycles. The molecule has 7 heteroatoms. The van der Waals surface area contributed by atoms with Gasteiger partial charge in [-0.15, -0.1) is 0 Å². The van der Waals surface area contributed by atoms with Crippen LogP contribution >= 0.6 is 0 Å². The van der Waals surface area contributed by atoms with Crippen molar-refractivity contribution in [3.05, 3.63) is 54.1 Å². The van der Waals surface area contributed by atoms with Crippen molar-refractivity contribution in [1.29, 1.82) is 0 Å². The van der Waals surface area contributed by atoms with E-state index in [0.29, 0.717) is 12.2 Å². The molecule has 7 nitrogen and oxygen atoms in total. The molecule has 1 aliphatic rings. The van der Waals surface area contributed by atoms with Crippen molar-refractivity contribution in [2.45, 2.75) is 45.0 Å². The van der Waals surface area contributed by atoms with Crippen LogP contribution in [0.3, 0.4) is 0 Å². The molecule has 0 saturated heterocycles. The second-order valence-corrected chi connectivity index (χ2v) is 6.02. The number of hydrogen-bond acceptors (Lipinski definition) is 4. The molecule has 0 aliphatic heterocycles. The Morgan fingerprint density at radius 1 is 1.36 bits per heavy atom. The Labute approximate surface area is 145 Å². The molecule has 1 N–H and O–H groups in total. The molecule has 0 bridgehead atoms. The summed E-state index contributed by atoms with van der Waals surface area (Å²) in [6.07, 6.45) is 4.03. The first-order chi connectivity index (χ1) is 12.1. The van der Waals surface area contributed by atoms with Crippen molar-refractivity contribution in [2.24, 2.45) is 0 Å². The summed E-state index contributed by atoms with van der Waals surface area (Å²) in [4.78, 5) is 30.0. The number of carbonyl (C=O) groups excluding carboxylic acids is 1. The van der Waals surface area contributed by atoms with Crippen LogP contribution in [0.25, 0.3) is 0 Å². The number of carboxylic acids is 1. The van der Waals surface area contributed by atoms with Gasteiger partial charge >= 0.3 is 12.1 Å². The quantitative estimate of drug-likeness (QED) is 0.835. The van der Waals surface area contributed by atoms with E-state index in [1.165, 1.54) is 11.1 Å². The highest BCUT2D eigenvalue weighted by atomic mass is 16.6. The van der Waals surface area contributed by atoms with Gasteiger partial charge in [0.25, 0.3) is 0 Å². The molecule has 2 aromatic rings. The van der Waals surface area contributed by atoms with Gasteiger partial charge in [0.15, 0.2) is 6.04 Å². The Morgan fingerprint density at radius 2 is 2.08 bits per heavy atom. The molecule has 0 spiro atoms. The molecule has 1 fully saturated rings. The molecule has 3 rings (SSSR count). The summed E-state index contributed by atoms with van der Waals surface area (Å²) in [7, 11) is 0. The van der Waals surface area contributed by atoms with Crippen molar-refractivity contribution in [2.75, 3.05) is 0 Å². The van der Waals surface area contributed by atoms with Crippen LogP contribution in [0.5, 0.6) is 0 Å². The highest BCUT2D eigenvalue weighted by Crippen LogP contribution is 2.35. The lowest BCUT2D eigenvalue weighted by molar-refractivity contribution is -0.143. The van der Waals surface area contributed by atoms with Crippen molar-refractivity contribution in [1.82, 2.24) is 14.5 Å². The standard InChI is InChI=1S/C18H21N3O4/c1-2-20-12-19-10-15(20)16(17(22)23)21(14-8-9-14)18(24)25-11-13-6-4-3-5-7-13/h3-7,10,12,14,16H,2,8-9,11H2,1H3,(H,22,23). The molecule has 1 amide bonds. The maximum atomic E-state index is 12.6. The van der Waals surface area contributed by atoms with Crippen molar-refractivity contribution in [3.8, 4) is 0 Å². The van der Waals surface area contributed by atoms with Gasteiger partial charge in [-0.05, 0) is 25.3 Å². The number of nitrogens with zero attached hydrogens (tertiary/aromatic N) is 3. The van der Waals surface area contributed by atoms with Gasteiger partial charge in [-0.3, -0.25) is 4.90 Å². The summed E-state index contributed by atoms with van der Waals surface area (Å²) in [6, 6.07) is 8.12. The van der Waals surface area contributed by atoms with E-state index in [4.69, 9.17) is 4.74 Å². The van der Waals surface area contributed by atoms with Crippen LogP contribution in [-0.2, 0) is 22.7 Å². The minimum atomic E-state index is -1.10. The molecular weight excluding hydrogens is 322 g/mol. The fourth-order valence-electron chi connectivity index (χ4n) is 2.82. The fourth-order valence-corrected chi connectivity index (χ4v) is 2.82. The zero-order valence-electron chi connectivity index (χ0n) is 14.0. The minimum absolute atomic E-state index is 0.107. The van der Waals surface area contributed by atoms with Crippen molar-refractivity contribution in [3.63, 3.8) is 0 Å². The molecule has 1 unspecified atom stereocenters. The lowest BCUT2D eigenvalue weighted by atomic mass is 10.2. The van der Waals surface area contributed by atoms with E-state index in [1.54, 1.807) is 10.9 Å². The SMILES string of the molecule is CCn1cncc1C(C(=O)O)N(C(=O)OCc1ccccc1)C1CC1. The largest absolute Gasteiger partial charge is 0.479 e. The number of amides is 1. The first-order valence-corrected chi connectivity index (χ1v) is 8.33. The molecule has 1 saturated carbocycles. The smallest absolute Gasteiger partial charge is 0.411 e. The Bertz CT molecular complexity index is 740. The van der Waals surface area contributed by atoms with Crippen LogP contribution in [0.1, 0.15) is 37.1 Å². The van der Waals surface area contributed by atoms with E-state index in [-0.39, 0.29) is 12.6 Å². The van der Waals surface area contributed by atoms with Crippen molar-refractivity contribution >= 4 is 12.1 Å². The number of carbonyl (C=O) groups is 2. The predicted octanol–water partition coefficient (Wildman–Crippen LogP) is 2.83. The Morgan fingerprint density at radius 3 is 2.68 bits per heavy atom. The highest BCUT2D eigenvalue weighted by molar-refractivity contribution is 5.81. The monoisotopic (exact) mass is 343 g/mol. The lowest BCUT2D eigenvalue weighted by Crippen LogP contribution is -2.41. The van der Waals surface area contributed by atoms with E-state index >= 15 is 0 Å². The maximum absolute atomic E-state index is 12.6. The van der Waals surface area contributed by atoms with Gasteiger partial charge in [0, 0.05) is 12.6 Å². The van der Waals surface area contributed by atoms with E-state index in [1.807, 2.05) is 37.3 Å². The Kier molecular flexibility index (Phi) is 5.02. The van der Waals surface area contributed by atoms with E-state index in [2.05, 4.69) is 4.98 Å². The van der Waals surface area contributed by atoms with Gasteiger partial charge in [0.05, 0.1) is 18.2 Å². The highest BCUT2D eigenvalue weighted by Gasteiger charge is 2.43. The van der Waals surface area contributed by atoms with Crippen LogP contribution in [0.4, 0.5) is 4.79 Å². The number of carboxylic acid groups (broad SMARTS) is 1. The van der Waals surface area contributed by atoms with Crippen LogP contribution in [-0.4, -0.2) is 37.7 Å². The third kappa shape index (κ3) is 3.81. The number of aromatic nitrogens is 2. The number of aliphatic carboxylic acids is 1. The van der Waals surface area contributed by atoms with Crippen LogP contribution in [0.15, 0.2) is 42.9 Å². The second kappa shape index (κ2) is 7.38. The number of aryl methyl sites for hydroxylation is 1. The van der Waals surface area contributed by atoms with Gasteiger partial charge in [-0.1, -0.05) is 30.3 Å². The van der Waals surface area contributed by atoms with Crippen molar-refractivity contribution < 1.29 is 19.4 Å². The normalized spacial score (nSPS) is 14.8. The zero-order chi connectivity index (χ0) is 17.8. The van der Waals surface area contributed by atoms with Gasteiger partial charge in [-0.25, -0.2) is 14.6 Å². The number of ether oxygens (including phenoxy) is 1. The fraction of sp³-hybridized carbons (Fsp3) is 0.389. The molecule has 1 aliphatic carbocycles. The van der Waals surface area contributed by atoms with Gasteiger partial charge in [0.2, 0.25) is 0 Å². The topological polar surface area (TPSA) is 84.7 Å². The Balaban J connectivity index is 1.80. The number of imidazole rings is 1. The summed E-state index contributed by atoms with van der Waals surface area (Å²) in [5, 5.41) is 9.76. The summed E-state index contributed by atoms with van der Waals surface area (Å²) < 4.78 is 7.12. The molecule has 25 heavy (non-hydrogen) atoms. The minimum Gasteiger partial charge on any atom is -0.479 e.